The molecule has 4 rings (SSSR count). The van der Waals surface area contributed by atoms with Gasteiger partial charge < -0.3 is 4.74 Å². The zero-order chi connectivity index (χ0) is 25.5. The summed E-state index contributed by atoms with van der Waals surface area (Å²) in [4.78, 5) is 4.95. The molecule has 4 aromatic rings. The molecule has 0 saturated carbocycles. The smallest absolute Gasteiger partial charge is 0.123 e. The second kappa shape index (κ2) is 11.7. The maximum Gasteiger partial charge on any atom is 0.123 e. The molecule has 0 aliphatic rings. The summed E-state index contributed by atoms with van der Waals surface area (Å²) >= 11 is 0. The lowest BCUT2D eigenvalue weighted by Crippen LogP contribution is -2.23. The molecule has 0 N–H and O–H groups in total. The van der Waals surface area contributed by atoms with E-state index in [1.807, 2.05) is 24.3 Å². The molecule has 0 aliphatic carbocycles. The van der Waals surface area contributed by atoms with E-state index in [-0.39, 0.29) is 5.16 Å². The third-order valence-corrected chi connectivity index (χ3v) is 8.88. The van der Waals surface area contributed by atoms with E-state index in [4.69, 9.17) is 9.73 Å². The van der Waals surface area contributed by atoms with Gasteiger partial charge in [-0.25, -0.2) is 0 Å². The number of ether oxygens (including phenoxy) is 1. The summed E-state index contributed by atoms with van der Waals surface area (Å²) in [7, 11) is 0.580. The number of hydrogen-bond donors (Lipinski definition) is 0. The Bertz CT molecular complexity index is 1330. The summed E-state index contributed by atoms with van der Waals surface area (Å²) < 4.78 is 6.43. The van der Waals surface area contributed by atoms with Crippen molar-refractivity contribution < 1.29 is 4.74 Å². The van der Waals surface area contributed by atoms with E-state index in [0.717, 1.165) is 23.6 Å². The van der Waals surface area contributed by atoms with Gasteiger partial charge in [-0.1, -0.05) is 107 Å². The van der Waals surface area contributed by atoms with Crippen LogP contribution in [0.15, 0.2) is 102 Å². The van der Waals surface area contributed by atoms with Crippen LogP contribution in [-0.4, -0.2) is 5.71 Å². The Morgan fingerprint density at radius 1 is 0.861 bits per heavy atom. The number of hydrogen-bond acceptors (Lipinski definition) is 2. The van der Waals surface area contributed by atoms with Crippen LogP contribution in [0.1, 0.15) is 55.0 Å². The number of nitrogens with zero attached hydrogens (tertiary/aromatic N) is 1. The second-order valence-electron chi connectivity index (χ2n) is 9.61. The lowest BCUT2D eigenvalue weighted by atomic mass is 9.94. The van der Waals surface area contributed by atoms with Crippen LogP contribution < -0.4 is 10.0 Å². The third kappa shape index (κ3) is 6.12. The lowest BCUT2D eigenvalue weighted by Gasteiger charge is -2.33. The molecule has 36 heavy (non-hydrogen) atoms. The first kappa shape index (κ1) is 25.9. The van der Waals surface area contributed by atoms with Gasteiger partial charge in [0.2, 0.25) is 0 Å². The highest BCUT2D eigenvalue weighted by molar-refractivity contribution is 7.49. The Morgan fingerprint density at radius 2 is 1.56 bits per heavy atom. The van der Waals surface area contributed by atoms with Crippen molar-refractivity contribution in [2.45, 2.75) is 52.8 Å². The SMILES string of the molecule is CCC(C)(Pc1c(C)cccc1/C(C)=N/c1ccccc1)c1cc(C)ccc1OCc1ccccc1. The number of para-hydroxylation sites is 1. The van der Waals surface area contributed by atoms with Crippen molar-refractivity contribution >= 4 is 25.3 Å². The highest BCUT2D eigenvalue weighted by Gasteiger charge is 2.30. The molecule has 0 bridgehead atoms. The maximum absolute atomic E-state index is 6.43. The van der Waals surface area contributed by atoms with Crippen molar-refractivity contribution in [2.24, 2.45) is 4.99 Å². The summed E-state index contributed by atoms with van der Waals surface area (Å²) in [6, 6.07) is 33.8. The Labute approximate surface area is 218 Å². The first-order chi connectivity index (χ1) is 17.4. The minimum absolute atomic E-state index is 0.0636. The van der Waals surface area contributed by atoms with E-state index in [9.17, 15) is 0 Å². The minimum Gasteiger partial charge on any atom is -0.489 e. The van der Waals surface area contributed by atoms with Crippen LogP contribution in [-0.2, 0) is 11.8 Å². The van der Waals surface area contributed by atoms with Crippen LogP contribution >= 0.6 is 8.58 Å². The van der Waals surface area contributed by atoms with Crippen LogP contribution in [0.2, 0.25) is 0 Å². The van der Waals surface area contributed by atoms with Crippen molar-refractivity contribution in [3.05, 3.63) is 125 Å². The molecule has 0 amide bonds. The van der Waals surface area contributed by atoms with Gasteiger partial charge in [-0.05, 0) is 61.8 Å². The Morgan fingerprint density at radius 3 is 2.25 bits per heavy atom. The fraction of sp³-hybridized carbons (Fsp3) is 0.242. The van der Waals surface area contributed by atoms with Gasteiger partial charge in [0.15, 0.2) is 0 Å². The Balaban J connectivity index is 1.71. The first-order valence-electron chi connectivity index (χ1n) is 12.7. The van der Waals surface area contributed by atoms with E-state index >= 15 is 0 Å². The zero-order valence-corrected chi connectivity index (χ0v) is 23.0. The summed E-state index contributed by atoms with van der Waals surface area (Å²) in [5, 5.41) is 1.32. The summed E-state index contributed by atoms with van der Waals surface area (Å²) in [6.45, 7) is 11.8. The number of benzene rings is 4. The number of rotatable bonds is 9. The molecule has 0 saturated heterocycles. The van der Waals surface area contributed by atoms with Crippen LogP contribution in [0.3, 0.4) is 0 Å². The molecule has 0 radical (unpaired) electrons. The zero-order valence-electron chi connectivity index (χ0n) is 22.0. The Kier molecular flexibility index (Phi) is 8.39. The van der Waals surface area contributed by atoms with Gasteiger partial charge >= 0.3 is 0 Å². The molecule has 3 heteroatoms. The average Bonchev–Trinajstić information content (AvgIpc) is 2.90. The number of aliphatic imine (C=N–C) groups is 1. The summed E-state index contributed by atoms with van der Waals surface area (Å²) in [5.74, 6) is 0.978. The van der Waals surface area contributed by atoms with Crippen LogP contribution in [0.5, 0.6) is 5.75 Å². The standard InChI is InChI=1S/C33H36NOP/c1-6-33(5,30-22-24(2)20-21-31(30)35-23-27-15-9-7-10-16-27)36-32-25(3)14-13-19-29(32)26(4)34-28-17-11-8-12-18-28/h7-22,36H,6,23H2,1-5H3/b34-26+. The molecule has 0 aromatic heterocycles. The highest BCUT2D eigenvalue weighted by atomic mass is 31.1. The average molecular weight is 494 g/mol. The minimum atomic E-state index is -0.0636. The molecule has 0 heterocycles. The molecule has 0 aliphatic heterocycles. The maximum atomic E-state index is 6.43. The molecule has 184 valence electrons. The van der Waals surface area contributed by atoms with E-state index < -0.39 is 0 Å². The van der Waals surface area contributed by atoms with Crippen molar-refractivity contribution in [1.29, 1.82) is 0 Å². The van der Waals surface area contributed by atoms with Crippen molar-refractivity contribution in [2.75, 3.05) is 0 Å². The van der Waals surface area contributed by atoms with Gasteiger partial charge in [-0.15, -0.1) is 0 Å². The van der Waals surface area contributed by atoms with Gasteiger partial charge in [0.25, 0.3) is 0 Å². The molecule has 0 spiro atoms. The largest absolute Gasteiger partial charge is 0.489 e. The molecule has 2 nitrogen and oxygen atoms in total. The van der Waals surface area contributed by atoms with E-state index in [1.165, 1.54) is 33.1 Å². The molecular weight excluding hydrogens is 457 g/mol. The fourth-order valence-electron chi connectivity index (χ4n) is 4.45. The molecule has 0 fully saturated rings. The van der Waals surface area contributed by atoms with Crippen molar-refractivity contribution in [1.82, 2.24) is 0 Å². The van der Waals surface area contributed by atoms with Gasteiger partial charge in [0.1, 0.15) is 12.4 Å². The fourth-order valence-corrected chi connectivity index (χ4v) is 6.19. The quantitative estimate of drug-likeness (QED) is 0.169. The third-order valence-electron chi connectivity index (χ3n) is 6.79. The van der Waals surface area contributed by atoms with Gasteiger partial charge in [-0.3, -0.25) is 4.99 Å². The van der Waals surface area contributed by atoms with Gasteiger partial charge in [0, 0.05) is 22.0 Å². The van der Waals surface area contributed by atoms with Crippen molar-refractivity contribution in [3.63, 3.8) is 0 Å². The van der Waals surface area contributed by atoms with Crippen molar-refractivity contribution in [3.8, 4) is 5.75 Å². The predicted octanol–water partition coefficient (Wildman–Crippen LogP) is 8.65. The van der Waals surface area contributed by atoms with Crippen LogP contribution in [0.4, 0.5) is 5.69 Å². The second-order valence-corrected chi connectivity index (χ2v) is 11.5. The molecule has 2 atom stereocenters. The molecule has 2 unspecified atom stereocenters. The molecule has 4 aromatic carbocycles. The van der Waals surface area contributed by atoms with Gasteiger partial charge in [-0.2, -0.15) is 0 Å². The van der Waals surface area contributed by atoms with Gasteiger partial charge in [0.05, 0.1) is 5.69 Å². The number of aryl methyl sites for hydroxylation is 2. The van der Waals surface area contributed by atoms with Crippen LogP contribution in [0.25, 0.3) is 0 Å². The van der Waals surface area contributed by atoms with E-state index in [1.54, 1.807) is 0 Å². The summed E-state index contributed by atoms with van der Waals surface area (Å²) in [5.41, 5.74) is 8.30. The lowest BCUT2D eigenvalue weighted by molar-refractivity contribution is 0.299. The molecular formula is C33H36NOP. The topological polar surface area (TPSA) is 21.6 Å². The van der Waals surface area contributed by atoms with Crippen LogP contribution in [0, 0.1) is 13.8 Å². The first-order valence-corrected chi connectivity index (χ1v) is 13.7. The highest BCUT2D eigenvalue weighted by Crippen LogP contribution is 2.48. The predicted molar refractivity (Wildman–Crippen MR) is 157 cm³/mol. The van der Waals surface area contributed by atoms with E-state index in [0.29, 0.717) is 15.2 Å². The Hall–Kier alpha value is -3.22. The van der Waals surface area contributed by atoms with E-state index in [2.05, 4.69) is 107 Å². The monoisotopic (exact) mass is 493 g/mol. The normalized spacial score (nSPS) is 13.6. The summed E-state index contributed by atoms with van der Waals surface area (Å²) in [6.07, 6.45) is 1.01.